The molecule has 0 aliphatic heterocycles. The van der Waals surface area contributed by atoms with Gasteiger partial charge < -0.3 is 12.4 Å². The summed E-state index contributed by atoms with van der Waals surface area (Å²) in [6.07, 6.45) is 0. The summed E-state index contributed by atoms with van der Waals surface area (Å²) in [5.74, 6) is 15.5. The zero-order chi connectivity index (χ0) is 21.6. The second-order valence-corrected chi connectivity index (χ2v) is 8.21. The van der Waals surface area contributed by atoms with Crippen LogP contribution in [0.25, 0.3) is 0 Å². The molecule has 3 heteroatoms. The molecule has 10 radical (unpaired) electrons. The molecule has 0 amide bonds. The van der Waals surface area contributed by atoms with E-state index in [1.807, 2.05) is 18.2 Å². The van der Waals surface area contributed by atoms with E-state index in [1.165, 1.54) is 64.7 Å². The molecule has 0 saturated heterocycles. The Kier molecular flexibility index (Phi) is 16.7. The smallest absolute Gasteiger partial charge is 1.00 e. The molecular formula is C27H38ClIrS+2. The molecule has 0 heterocycles. The van der Waals surface area contributed by atoms with Crippen LogP contribution in [-0.2, 0) is 25.9 Å². The van der Waals surface area contributed by atoms with Crippen molar-refractivity contribution in [1.29, 1.82) is 0 Å². The fraction of sp³-hybridized carbons (Fsp3) is 0.407. The summed E-state index contributed by atoms with van der Waals surface area (Å²) in [6, 6.07) is 10.2. The second-order valence-electron chi connectivity index (χ2n) is 7.89. The fourth-order valence-corrected chi connectivity index (χ4v) is 3.61. The maximum atomic E-state index is 4.11. The summed E-state index contributed by atoms with van der Waals surface area (Å²) >= 11 is 4.11. The monoisotopic (exact) mass is 622 g/mol. The standard InChI is InChI=1S/2C10H15.C7H8S.ClH.Ir/c2*1-6-7(2)9(4)10(5)8(6)3;8-6-7-4-2-1-3-5-7;;/h2*1-5H3;1-5,8H,6H2;1H;/q;;;;+3/p-1. The van der Waals surface area contributed by atoms with Crippen LogP contribution in [0.2, 0.25) is 0 Å². The van der Waals surface area contributed by atoms with E-state index in [0.717, 1.165) is 5.75 Å². The van der Waals surface area contributed by atoms with Crippen molar-refractivity contribution in [3.05, 3.63) is 95.1 Å². The van der Waals surface area contributed by atoms with Crippen molar-refractivity contribution < 1.29 is 32.5 Å². The van der Waals surface area contributed by atoms with Crippen LogP contribution in [0.5, 0.6) is 0 Å². The molecular weight excluding hydrogens is 584 g/mol. The number of hydrogen-bond acceptors (Lipinski definition) is 1. The number of hydrogen-bond donors (Lipinski definition) is 1. The van der Waals surface area contributed by atoms with Crippen LogP contribution in [-0.4, -0.2) is 0 Å². The van der Waals surface area contributed by atoms with E-state index in [-0.39, 0.29) is 32.5 Å². The Labute approximate surface area is 214 Å². The summed E-state index contributed by atoms with van der Waals surface area (Å²) < 4.78 is 0. The Hall–Kier alpha value is 0.509. The van der Waals surface area contributed by atoms with Gasteiger partial charge in [0.25, 0.3) is 0 Å². The summed E-state index contributed by atoms with van der Waals surface area (Å²) in [5, 5.41) is 0. The Balaban J connectivity index is 0. The van der Waals surface area contributed by atoms with Gasteiger partial charge in [-0.3, -0.25) is 0 Å². The largest absolute Gasteiger partial charge is 3.00 e. The predicted molar refractivity (Wildman–Crippen MR) is 128 cm³/mol. The molecule has 30 heavy (non-hydrogen) atoms. The van der Waals surface area contributed by atoms with Crippen molar-refractivity contribution in [2.24, 2.45) is 0 Å². The van der Waals surface area contributed by atoms with E-state index in [9.17, 15) is 0 Å². The summed E-state index contributed by atoms with van der Waals surface area (Å²) in [7, 11) is 0. The van der Waals surface area contributed by atoms with Crippen molar-refractivity contribution in [3.63, 3.8) is 0 Å². The summed E-state index contributed by atoms with van der Waals surface area (Å²) in [5.41, 5.74) is 1.27. The van der Waals surface area contributed by atoms with Gasteiger partial charge in [0.15, 0.2) is 0 Å². The van der Waals surface area contributed by atoms with Crippen molar-refractivity contribution >= 4 is 12.6 Å². The predicted octanol–water partition coefficient (Wildman–Crippen LogP) is 5.06. The van der Waals surface area contributed by atoms with Crippen molar-refractivity contribution in [2.45, 2.75) is 75.0 Å². The molecule has 2 aliphatic rings. The minimum atomic E-state index is 0. The third kappa shape index (κ3) is 8.46. The Morgan fingerprint density at radius 2 is 0.667 bits per heavy atom. The molecule has 2 aliphatic carbocycles. The molecule has 2 saturated carbocycles. The van der Waals surface area contributed by atoms with E-state index in [1.54, 1.807) is 0 Å². The molecule has 1 aromatic rings. The molecule has 0 nitrogen and oxygen atoms in total. The van der Waals surface area contributed by atoms with Gasteiger partial charge in [-0.15, -0.1) is 0 Å². The van der Waals surface area contributed by atoms with Gasteiger partial charge in [0.05, 0.1) is 0 Å². The molecule has 0 aromatic heterocycles. The first-order valence-corrected chi connectivity index (χ1v) is 10.7. The van der Waals surface area contributed by atoms with Crippen molar-refractivity contribution in [2.75, 3.05) is 0 Å². The Morgan fingerprint density at radius 3 is 0.800 bits per heavy atom. The second kappa shape index (κ2) is 15.4. The van der Waals surface area contributed by atoms with Gasteiger partial charge in [0.1, 0.15) is 0 Å². The van der Waals surface area contributed by atoms with Crippen LogP contribution >= 0.6 is 12.6 Å². The maximum absolute atomic E-state index is 4.11. The van der Waals surface area contributed by atoms with Crippen LogP contribution in [0.1, 0.15) is 74.8 Å². The molecule has 0 spiro atoms. The van der Waals surface area contributed by atoms with Crippen molar-refractivity contribution in [3.8, 4) is 0 Å². The van der Waals surface area contributed by atoms with E-state index in [0.29, 0.717) is 0 Å². The van der Waals surface area contributed by atoms with Crippen LogP contribution in [0, 0.1) is 59.2 Å². The number of thiol groups is 1. The third-order valence-corrected chi connectivity index (χ3v) is 7.02. The van der Waals surface area contributed by atoms with E-state index < -0.39 is 0 Å². The SMILES string of the molecule is C[C]1[C](C)[C](C)[C](C)[C]1C.C[C]1[C](C)[C](C)[C](C)[C]1C.SCc1ccccc1.[Cl-].[Ir+3]. The average molecular weight is 622 g/mol. The van der Waals surface area contributed by atoms with E-state index >= 15 is 0 Å². The first kappa shape index (κ1) is 32.7. The van der Waals surface area contributed by atoms with Crippen LogP contribution in [0.4, 0.5) is 0 Å². The van der Waals surface area contributed by atoms with Gasteiger partial charge in [-0.05, 0) is 64.7 Å². The number of benzene rings is 1. The molecule has 3 rings (SSSR count). The van der Waals surface area contributed by atoms with Gasteiger partial charge >= 0.3 is 20.1 Å². The van der Waals surface area contributed by atoms with Gasteiger partial charge in [-0.1, -0.05) is 99.6 Å². The normalized spacial score (nSPS) is 21.4. The van der Waals surface area contributed by atoms with Crippen LogP contribution in [0.15, 0.2) is 30.3 Å². The first-order chi connectivity index (χ1) is 13.0. The van der Waals surface area contributed by atoms with Gasteiger partial charge in [-0.25, -0.2) is 0 Å². The number of rotatable bonds is 1. The van der Waals surface area contributed by atoms with Gasteiger partial charge in [0.2, 0.25) is 0 Å². The zero-order valence-electron chi connectivity index (χ0n) is 20.3. The summed E-state index contributed by atoms with van der Waals surface area (Å²) in [6.45, 7) is 22.0. The Bertz CT molecular complexity index is 431. The van der Waals surface area contributed by atoms with E-state index in [2.05, 4.69) is 94.0 Å². The minimum Gasteiger partial charge on any atom is -1.00 e. The fourth-order valence-electron chi connectivity index (χ4n) is 3.40. The molecule has 0 atom stereocenters. The molecule has 2 fully saturated rings. The van der Waals surface area contributed by atoms with Crippen LogP contribution < -0.4 is 12.4 Å². The minimum absolute atomic E-state index is 0. The molecule has 0 unspecified atom stereocenters. The van der Waals surface area contributed by atoms with Crippen LogP contribution in [0.3, 0.4) is 0 Å². The quantitative estimate of drug-likeness (QED) is 0.417. The zero-order valence-corrected chi connectivity index (χ0v) is 24.3. The van der Waals surface area contributed by atoms with Gasteiger partial charge in [0, 0.05) is 5.75 Å². The molecule has 1 aromatic carbocycles. The first-order valence-electron chi connectivity index (χ1n) is 10.1. The number of halogens is 1. The third-order valence-electron chi connectivity index (χ3n) is 6.65. The molecule has 0 bridgehead atoms. The molecule has 0 N–H and O–H groups in total. The Morgan fingerprint density at radius 1 is 0.467 bits per heavy atom. The topological polar surface area (TPSA) is 0 Å². The summed E-state index contributed by atoms with van der Waals surface area (Å²) in [4.78, 5) is 0. The van der Waals surface area contributed by atoms with Gasteiger partial charge in [-0.2, -0.15) is 12.6 Å². The van der Waals surface area contributed by atoms with E-state index in [4.69, 9.17) is 0 Å². The average Bonchev–Trinajstić information content (AvgIpc) is 2.99. The maximum Gasteiger partial charge on any atom is 3.00 e. The molecule has 166 valence electrons. The van der Waals surface area contributed by atoms with Crippen molar-refractivity contribution in [1.82, 2.24) is 0 Å².